The SMILES string of the molecule is O=C(c1ccco1)N1CCO[C@H]2CC[C@H]1[C@H]2Oc1ncccc1F. The number of fused-ring (bicyclic) bond motifs is 2. The van der Waals surface area contributed by atoms with E-state index in [1.54, 1.807) is 17.0 Å². The van der Waals surface area contributed by atoms with Crippen LogP contribution < -0.4 is 4.74 Å². The van der Waals surface area contributed by atoms with Gasteiger partial charge in [-0.05, 0) is 37.1 Å². The summed E-state index contributed by atoms with van der Waals surface area (Å²) in [7, 11) is 0. The molecule has 2 bridgehead atoms. The molecule has 3 atom stereocenters. The number of carbonyl (C=O) groups is 1. The van der Waals surface area contributed by atoms with Gasteiger partial charge in [0.1, 0.15) is 6.10 Å². The zero-order valence-corrected chi connectivity index (χ0v) is 12.9. The Bertz CT molecular complexity index is 721. The summed E-state index contributed by atoms with van der Waals surface area (Å²) in [6, 6.07) is 5.92. The minimum Gasteiger partial charge on any atom is -0.467 e. The van der Waals surface area contributed by atoms with Crippen molar-refractivity contribution >= 4 is 5.91 Å². The van der Waals surface area contributed by atoms with Crippen molar-refractivity contribution in [3.05, 3.63) is 48.3 Å². The van der Waals surface area contributed by atoms with Gasteiger partial charge in [0.25, 0.3) is 11.8 Å². The molecule has 2 aliphatic rings. The molecule has 0 unspecified atom stereocenters. The maximum atomic E-state index is 13.9. The lowest BCUT2D eigenvalue weighted by Crippen LogP contribution is -2.47. The molecule has 1 amide bonds. The van der Waals surface area contributed by atoms with Crippen molar-refractivity contribution in [1.82, 2.24) is 9.88 Å². The first-order valence-electron chi connectivity index (χ1n) is 7.97. The van der Waals surface area contributed by atoms with Gasteiger partial charge in [0.2, 0.25) is 0 Å². The molecule has 126 valence electrons. The molecule has 3 heterocycles. The molecule has 2 aromatic rings. The fourth-order valence-electron chi connectivity index (χ4n) is 3.43. The van der Waals surface area contributed by atoms with Crippen molar-refractivity contribution < 1.29 is 23.1 Å². The molecule has 1 aliphatic heterocycles. The van der Waals surface area contributed by atoms with Gasteiger partial charge in [0.15, 0.2) is 11.6 Å². The van der Waals surface area contributed by atoms with Gasteiger partial charge in [-0.3, -0.25) is 4.79 Å². The van der Waals surface area contributed by atoms with Gasteiger partial charge in [0, 0.05) is 12.7 Å². The summed E-state index contributed by atoms with van der Waals surface area (Å²) in [6.45, 7) is 0.865. The fraction of sp³-hybridized carbons (Fsp3) is 0.412. The van der Waals surface area contributed by atoms with Crippen LogP contribution in [0, 0.1) is 5.82 Å². The average Bonchev–Trinajstić information content (AvgIpc) is 3.18. The van der Waals surface area contributed by atoms with Crippen LogP contribution in [0.2, 0.25) is 0 Å². The van der Waals surface area contributed by atoms with Crippen LogP contribution in [0.25, 0.3) is 0 Å². The minimum absolute atomic E-state index is 0.0599. The highest BCUT2D eigenvalue weighted by Gasteiger charge is 2.46. The van der Waals surface area contributed by atoms with Crippen LogP contribution in [0.4, 0.5) is 4.39 Å². The third-order valence-electron chi connectivity index (χ3n) is 4.52. The zero-order chi connectivity index (χ0) is 16.5. The van der Waals surface area contributed by atoms with Crippen molar-refractivity contribution in [2.45, 2.75) is 31.1 Å². The zero-order valence-electron chi connectivity index (χ0n) is 12.9. The Kier molecular flexibility index (Phi) is 3.93. The van der Waals surface area contributed by atoms with E-state index >= 15 is 0 Å². The lowest BCUT2D eigenvalue weighted by Gasteiger charge is -2.30. The molecule has 0 N–H and O–H groups in total. The van der Waals surface area contributed by atoms with Crippen LogP contribution in [0.1, 0.15) is 23.4 Å². The number of hydrogen-bond acceptors (Lipinski definition) is 5. The molecule has 2 aromatic heterocycles. The Hall–Kier alpha value is -2.41. The Morgan fingerprint density at radius 2 is 2.25 bits per heavy atom. The molecule has 1 saturated carbocycles. The highest BCUT2D eigenvalue weighted by Crippen LogP contribution is 2.33. The van der Waals surface area contributed by atoms with E-state index in [0.29, 0.717) is 13.2 Å². The van der Waals surface area contributed by atoms with E-state index in [1.165, 1.54) is 24.6 Å². The summed E-state index contributed by atoms with van der Waals surface area (Å²) >= 11 is 0. The highest BCUT2D eigenvalue weighted by molar-refractivity contribution is 5.91. The van der Waals surface area contributed by atoms with E-state index in [2.05, 4.69) is 4.98 Å². The number of rotatable bonds is 3. The normalized spacial score (nSPS) is 26.2. The van der Waals surface area contributed by atoms with Crippen LogP contribution >= 0.6 is 0 Å². The molecule has 2 fully saturated rings. The van der Waals surface area contributed by atoms with Crippen molar-refractivity contribution in [1.29, 1.82) is 0 Å². The van der Waals surface area contributed by atoms with Crippen molar-refractivity contribution in [2.24, 2.45) is 0 Å². The molecule has 7 heteroatoms. The number of pyridine rings is 1. The van der Waals surface area contributed by atoms with Crippen LogP contribution in [-0.4, -0.2) is 47.2 Å². The summed E-state index contributed by atoms with van der Waals surface area (Å²) in [5.74, 6) is -0.505. The van der Waals surface area contributed by atoms with Gasteiger partial charge in [-0.2, -0.15) is 0 Å². The second kappa shape index (κ2) is 6.24. The first-order chi connectivity index (χ1) is 11.7. The molecule has 1 saturated heterocycles. The average molecular weight is 332 g/mol. The maximum Gasteiger partial charge on any atom is 0.290 e. The number of aromatic nitrogens is 1. The Balaban J connectivity index is 1.60. The summed E-state index contributed by atoms with van der Waals surface area (Å²) in [5, 5.41) is 0. The molecule has 0 aromatic carbocycles. The third-order valence-corrected chi connectivity index (χ3v) is 4.52. The minimum atomic E-state index is -0.523. The topological polar surface area (TPSA) is 64.8 Å². The smallest absolute Gasteiger partial charge is 0.290 e. The molecule has 24 heavy (non-hydrogen) atoms. The van der Waals surface area contributed by atoms with Crippen LogP contribution in [0.15, 0.2) is 41.1 Å². The quantitative estimate of drug-likeness (QED) is 0.863. The summed E-state index contributed by atoms with van der Waals surface area (Å²) in [6.07, 6.45) is 3.81. The van der Waals surface area contributed by atoms with Gasteiger partial charge < -0.3 is 18.8 Å². The van der Waals surface area contributed by atoms with E-state index < -0.39 is 11.9 Å². The van der Waals surface area contributed by atoms with Gasteiger partial charge in [-0.15, -0.1) is 0 Å². The second-order valence-electron chi connectivity index (χ2n) is 5.90. The monoisotopic (exact) mass is 332 g/mol. The predicted octanol–water partition coefficient (Wildman–Crippen LogP) is 2.26. The molecule has 6 nitrogen and oxygen atoms in total. The standard InChI is InChI=1S/C17H17FN2O4/c18-11-3-1-7-19-16(11)24-15-12-5-6-13(15)23-10-8-20(12)17(21)14-4-2-9-22-14/h1-4,7,9,12-13,15H,5-6,8,10H2/t12-,13-,15+/m0/s1. The number of halogens is 1. The second-order valence-corrected chi connectivity index (χ2v) is 5.90. The van der Waals surface area contributed by atoms with Crippen molar-refractivity contribution in [3.63, 3.8) is 0 Å². The molecular weight excluding hydrogens is 315 g/mol. The largest absolute Gasteiger partial charge is 0.467 e. The fourth-order valence-corrected chi connectivity index (χ4v) is 3.43. The van der Waals surface area contributed by atoms with Crippen LogP contribution in [0.5, 0.6) is 5.88 Å². The molecule has 0 radical (unpaired) electrons. The Morgan fingerprint density at radius 3 is 3.04 bits per heavy atom. The number of furan rings is 1. The molecular formula is C17H17FN2O4. The number of nitrogens with zero attached hydrogens (tertiary/aromatic N) is 2. The molecule has 0 spiro atoms. The van der Waals surface area contributed by atoms with Gasteiger partial charge >= 0.3 is 0 Å². The van der Waals surface area contributed by atoms with Gasteiger partial charge in [-0.1, -0.05) is 0 Å². The Labute approximate surface area is 138 Å². The molecule has 4 rings (SSSR count). The van der Waals surface area contributed by atoms with Crippen molar-refractivity contribution in [3.8, 4) is 5.88 Å². The van der Waals surface area contributed by atoms with E-state index in [-0.39, 0.29) is 29.7 Å². The maximum absolute atomic E-state index is 13.9. The summed E-state index contributed by atoms with van der Waals surface area (Å²) in [4.78, 5) is 18.3. The van der Waals surface area contributed by atoms with Crippen LogP contribution in [0.3, 0.4) is 0 Å². The number of hydrogen-bond donors (Lipinski definition) is 0. The molecule has 1 aliphatic carbocycles. The summed E-state index contributed by atoms with van der Waals surface area (Å²) in [5.41, 5.74) is 0. The number of carbonyl (C=O) groups excluding carboxylic acids is 1. The van der Waals surface area contributed by atoms with E-state index in [1.807, 2.05) is 0 Å². The van der Waals surface area contributed by atoms with Crippen molar-refractivity contribution in [2.75, 3.05) is 13.2 Å². The van der Waals surface area contributed by atoms with E-state index in [9.17, 15) is 9.18 Å². The predicted molar refractivity (Wildman–Crippen MR) is 81.1 cm³/mol. The number of amides is 1. The lowest BCUT2D eigenvalue weighted by molar-refractivity contribution is 0.000276. The highest BCUT2D eigenvalue weighted by atomic mass is 19.1. The van der Waals surface area contributed by atoms with Crippen LogP contribution in [-0.2, 0) is 4.74 Å². The first kappa shape index (κ1) is 15.1. The van der Waals surface area contributed by atoms with Gasteiger partial charge in [-0.25, -0.2) is 9.37 Å². The van der Waals surface area contributed by atoms with Gasteiger partial charge in [0.05, 0.1) is 25.0 Å². The lowest BCUT2D eigenvalue weighted by atomic mass is 10.1. The third kappa shape index (κ3) is 2.65. The number of ether oxygens (including phenoxy) is 2. The van der Waals surface area contributed by atoms with E-state index in [4.69, 9.17) is 13.9 Å². The Morgan fingerprint density at radius 1 is 1.33 bits per heavy atom. The van der Waals surface area contributed by atoms with E-state index in [0.717, 1.165) is 12.8 Å². The summed E-state index contributed by atoms with van der Waals surface area (Å²) < 4.78 is 30.7. The first-order valence-corrected chi connectivity index (χ1v) is 7.97.